The summed E-state index contributed by atoms with van der Waals surface area (Å²) in [6.07, 6.45) is 0.244. The molecule has 1 amide bonds. The van der Waals surface area contributed by atoms with E-state index < -0.39 is 15.7 Å². The minimum atomic E-state index is -3.55. The highest BCUT2D eigenvalue weighted by Crippen LogP contribution is 2.31. The van der Waals surface area contributed by atoms with Crippen molar-refractivity contribution in [3.05, 3.63) is 78.1 Å². The Kier molecular flexibility index (Phi) is 6.34. The van der Waals surface area contributed by atoms with Crippen molar-refractivity contribution in [2.24, 2.45) is 0 Å². The molecule has 32 heavy (non-hydrogen) atoms. The molecule has 0 unspecified atom stereocenters. The molecule has 1 aromatic heterocycles. The summed E-state index contributed by atoms with van der Waals surface area (Å²) in [4.78, 5) is 16.9. The van der Waals surface area contributed by atoms with E-state index in [1.165, 1.54) is 17.7 Å². The molecule has 0 atom stereocenters. The number of rotatable bonds is 7. The number of benzene rings is 3. The maximum atomic E-state index is 13.0. The number of aryl methyl sites for hydroxylation is 1. The first kappa shape index (κ1) is 22.1. The van der Waals surface area contributed by atoms with E-state index in [0.717, 1.165) is 32.9 Å². The van der Waals surface area contributed by atoms with E-state index in [0.29, 0.717) is 5.69 Å². The smallest absolute Gasteiger partial charge is 0.224 e. The normalized spacial score (nSPS) is 11.6. The number of hydrogen-bond acceptors (Lipinski definition) is 5. The predicted molar refractivity (Wildman–Crippen MR) is 126 cm³/mol. The first-order valence-electron chi connectivity index (χ1n) is 10.1. The number of thiazole rings is 1. The van der Waals surface area contributed by atoms with E-state index in [1.807, 2.05) is 24.3 Å². The van der Waals surface area contributed by atoms with E-state index >= 15 is 0 Å². The molecule has 0 aliphatic rings. The zero-order chi connectivity index (χ0) is 22.7. The van der Waals surface area contributed by atoms with Crippen LogP contribution in [0.5, 0.6) is 0 Å². The molecule has 1 heterocycles. The molecule has 0 saturated carbocycles. The predicted octanol–water partition coefficient (Wildman–Crippen LogP) is 5.60. The van der Waals surface area contributed by atoms with Crippen molar-refractivity contribution in [2.45, 2.75) is 24.7 Å². The first-order chi connectivity index (χ1) is 15.3. The van der Waals surface area contributed by atoms with Crippen molar-refractivity contribution in [3.8, 4) is 10.6 Å². The Hall–Kier alpha value is -3.10. The highest BCUT2D eigenvalue weighted by molar-refractivity contribution is 7.91. The third-order valence-corrected chi connectivity index (χ3v) is 7.83. The summed E-state index contributed by atoms with van der Waals surface area (Å²) in [6.45, 7) is 2.05. The van der Waals surface area contributed by atoms with Crippen LogP contribution in [0.1, 0.15) is 18.4 Å². The van der Waals surface area contributed by atoms with E-state index in [4.69, 9.17) is 0 Å². The summed E-state index contributed by atoms with van der Waals surface area (Å²) in [5.74, 6) is -0.933. The van der Waals surface area contributed by atoms with Crippen LogP contribution in [0, 0.1) is 12.7 Å². The minimum Gasteiger partial charge on any atom is -0.326 e. The minimum absolute atomic E-state index is 0.0555. The lowest BCUT2D eigenvalue weighted by Crippen LogP contribution is -2.14. The first-order valence-corrected chi connectivity index (χ1v) is 12.5. The fraction of sp³-hybridized carbons (Fsp3) is 0.167. The molecular weight excluding hydrogens is 447 g/mol. The van der Waals surface area contributed by atoms with Crippen LogP contribution in [-0.2, 0) is 14.6 Å². The molecule has 0 spiro atoms. The molecule has 5 nitrogen and oxygen atoms in total. The fourth-order valence-electron chi connectivity index (χ4n) is 3.26. The Morgan fingerprint density at radius 3 is 2.47 bits per heavy atom. The summed E-state index contributed by atoms with van der Waals surface area (Å²) in [6, 6.07) is 18.3. The van der Waals surface area contributed by atoms with Gasteiger partial charge in [-0.05, 0) is 79.6 Å². The van der Waals surface area contributed by atoms with E-state index in [-0.39, 0.29) is 29.4 Å². The number of sulfone groups is 1. The Morgan fingerprint density at radius 2 is 1.75 bits per heavy atom. The molecule has 1 N–H and O–H groups in total. The van der Waals surface area contributed by atoms with Gasteiger partial charge in [-0.2, -0.15) is 0 Å². The second-order valence-electron chi connectivity index (χ2n) is 7.49. The number of carbonyl (C=O) groups is 1. The second kappa shape index (κ2) is 9.18. The number of amides is 1. The molecule has 3 aromatic carbocycles. The van der Waals surface area contributed by atoms with Gasteiger partial charge in [-0.1, -0.05) is 6.07 Å². The monoisotopic (exact) mass is 468 g/mol. The number of halogens is 1. The summed E-state index contributed by atoms with van der Waals surface area (Å²) >= 11 is 1.62. The maximum absolute atomic E-state index is 13.0. The van der Waals surface area contributed by atoms with Crippen molar-refractivity contribution in [1.82, 2.24) is 4.98 Å². The molecular formula is C24H21FN2O3S2. The standard InChI is InChI=1S/C24H21FN2O3S2/c1-16-4-13-21-22(15-16)31-24(27-21)17-5-9-19(10-6-17)26-23(28)3-2-14-32(29,30)20-11-7-18(25)8-12-20/h4-13,15H,2-3,14H2,1H3,(H,26,28). The molecule has 4 aromatic rings. The number of hydrogen-bond donors (Lipinski definition) is 1. The van der Waals surface area contributed by atoms with Crippen LogP contribution in [0.25, 0.3) is 20.8 Å². The number of anilines is 1. The van der Waals surface area contributed by atoms with Crippen LogP contribution >= 0.6 is 11.3 Å². The lowest BCUT2D eigenvalue weighted by Gasteiger charge is -2.07. The van der Waals surface area contributed by atoms with Crippen molar-refractivity contribution < 1.29 is 17.6 Å². The van der Waals surface area contributed by atoms with Gasteiger partial charge in [0.15, 0.2) is 9.84 Å². The summed E-state index contributed by atoms with van der Waals surface area (Å²) in [5.41, 5.74) is 3.75. The van der Waals surface area contributed by atoms with Crippen LogP contribution < -0.4 is 5.32 Å². The third-order valence-electron chi connectivity index (χ3n) is 4.95. The van der Waals surface area contributed by atoms with Crippen LogP contribution in [0.4, 0.5) is 10.1 Å². The number of nitrogens with zero attached hydrogens (tertiary/aromatic N) is 1. The molecule has 0 saturated heterocycles. The summed E-state index contributed by atoms with van der Waals surface area (Å²) in [5, 5.41) is 3.70. The van der Waals surface area contributed by atoms with Crippen molar-refractivity contribution in [3.63, 3.8) is 0 Å². The third kappa shape index (κ3) is 5.20. The quantitative estimate of drug-likeness (QED) is 0.358. The second-order valence-corrected chi connectivity index (χ2v) is 10.6. The van der Waals surface area contributed by atoms with Gasteiger partial charge < -0.3 is 5.32 Å². The molecule has 0 aliphatic heterocycles. The Balaban J connectivity index is 1.33. The van der Waals surface area contributed by atoms with E-state index in [9.17, 15) is 17.6 Å². The number of nitrogens with one attached hydrogen (secondary N) is 1. The van der Waals surface area contributed by atoms with Crippen LogP contribution in [0.3, 0.4) is 0 Å². The average Bonchev–Trinajstić information content (AvgIpc) is 3.17. The number of carbonyl (C=O) groups excluding carboxylic acids is 1. The van der Waals surface area contributed by atoms with Gasteiger partial charge in [0.25, 0.3) is 0 Å². The zero-order valence-corrected chi connectivity index (χ0v) is 19.0. The van der Waals surface area contributed by atoms with Crippen LogP contribution in [0.2, 0.25) is 0 Å². The largest absolute Gasteiger partial charge is 0.326 e. The van der Waals surface area contributed by atoms with Crippen molar-refractivity contribution in [2.75, 3.05) is 11.1 Å². The Labute approximate surface area is 189 Å². The van der Waals surface area contributed by atoms with E-state index in [1.54, 1.807) is 23.5 Å². The SMILES string of the molecule is Cc1ccc2nc(-c3ccc(NC(=O)CCCS(=O)(=O)c4ccc(F)cc4)cc3)sc2c1. The molecule has 0 bridgehead atoms. The van der Waals surface area contributed by atoms with E-state index in [2.05, 4.69) is 23.3 Å². The summed E-state index contributed by atoms with van der Waals surface area (Å²) in [7, 11) is -3.55. The Bertz CT molecular complexity index is 1360. The van der Waals surface area contributed by atoms with Gasteiger partial charge in [-0.3, -0.25) is 4.79 Å². The molecule has 0 fully saturated rings. The van der Waals surface area contributed by atoms with Gasteiger partial charge in [-0.15, -0.1) is 11.3 Å². The molecule has 0 aliphatic carbocycles. The lowest BCUT2D eigenvalue weighted by atomic mass is 10.2. The lowest BCUT2D eigenvalue weighted by molar-refractivity contribution is -0.116. The van der Waals surface area contributed by atoms with Gasteiger partial charge in [-0.25, -0.2) is 17.8 Å². The van der Waals surface area contributed by atoms with Crippen LogP contribution in [0.15, 0.2) is 71.6 Å². The molecule has 164 valence electrons. The number of fused-ring (bicyclic) bond motifs is 1. The maximum Gasteiger partial charge on any atom is 0.224 e. The van der Waals surface area contributed by atoms with Crippen molar-refractivity contribution in [1.29, 1.82) is 0 Å². The topological polar surface area (TPSA) is 76.1 Å². The highest BCUT2D eigenvalue weighted by atomic mass is 32.2. The van der Waals surface area contributed by atoms with Gasteiger partial charge >= 0.3 is 0 Å². The van der Waals surface area contributed by atoms with Crippen LogP contribution in [-0.4, -0.2) is 25.1 Å². The van der Waals surface area contributed by atoms with Gasteiger partial charge in [0.1, 0.15) is 10.8 Å². The Morgan fingerprint density at radius 1 is 1.03 bits per heavy atom. The van der Waals surface area contributed by atoms with Gasteiger partial charge in [0.2, 0.25) is 5.91 Å². The summed E-state index contributed by atoms with van der Waals surface area (Å²) < 4.78 is 38.7. The van der Waals surface area contributed by atoms with Gasteiger partial charge in [0, 0.05) is 17.7 Å². The molecule has 4 rings (SSSR count). The highest BCUT2D eigenvalue weighted by Gasteiger charge is 2.15. The molecule has 8 heteroatoms. The zero-order valence-electron chi connectivity index (χ0n) is 17.3. The number of aromatic nitrogens is 1. The average molecular weight is 469 g/mol. The van der Waals surface area contributed by atoms with Gasteiger partial charge in [0.05, 0.1) is 20.9 Å². The molecule has 0 radical (unpaired) electrons. The fourth-order valence-corrected chi connectivity index (χ4v) is 5.64. The van der Waals surface area contributed by atoms with Crippen molar-refractivity contribution >= 4 is 43.0 Å².